The molecule has 0 saturated carbocycles. The van der Waals surface area contributed by atoms with Crippen molar-refractivity contribution < 1.29 is 22.4 Å². The highest BCUT2D eigenvalue weighted by molar-refractivity contribution is 5.95. The summed E-state index contributed by atoms with van der Waals surface area (Å²) in [5.41, 5.74) is -1.85. The Morgan fingerprint density at radius 3 is 2.58 bits per heavy atom. The highest BCUT2D eigenvalue weighted by atomic mass is 19.4. The average Bonchev–Trinajstić information content (AvgIpc) is 2.34. The zero-order valence-electron chi connectivity index (χ0n) is 9.88. The molecule has 1 aromatic rings. The van der Waals surface area contributed by atoms with Gasteiger partial charge >= 0.3 is 6.18 Å². The van der Waals surface area contributed by atoms with Crippen LogP contribution in [0.3, 0.4) is 0 Å². The third-order valence-corrected chi connectivity index (χ3v) is 2.41. The van der Waals surface area contributed by atoms with E-state index in [0.29, 0.717) is 18.2 Å². The van der Waals surface area contributed by atoms with Gasteiger partial charge in [0, 0.05) is 0 Å². The number of benzene rings is 1. The Morgan fingerprint density at radius 1 is 1.47 bits per heavy atom. The van der Waals surface area contributed by atoms with E-state index in [1.807, 2.05) is 0 Å². The molecule has 1 amide bonds. The molecule has 0 aliphatic rings. The van der Waals surface area contributed by atoms with Gasteiger partial charge in [0.15, 0.2) is 0 Å². The van der Waals surface area contributed by atoms with Gasteiger partial charge in [-0.1, -0.05) is 6.92 Å². The number of rotatable bonds is 3. The van der Waals surface area contributed by atoms with Crippen LogP contribution in [0.15, 0.2) is 18.2 Å². The summed E-state index contributed by atoms with van der Waals surface area (Å²) in [5, 5.41) is 10.8. The van der Waals surface area contributed by atoms with Gasteiger partial charge in [-0.2, -0.15) is 18.4 Å². The monoisotopic (exact) mass is 274 g/mol. The molecule has 1 rings (SSSR count). The zero-order valence-corrected chi connectivity index (χ0v) is 9.88. The van der Waals surface area contributed by atoms with Crippen LogP contribution in [0.5, 0.6) is 0 Å². The van der Waals surface area contributed by atoms with Gasteiger partial charge in [-0.05, 0) is 24.6 Å². The maximum Gasteiger partial charge on any atom is 0.416 e. The molecule has 0 spiro atoms. The van der Waals surface area contributed by atoms with Crippen LogP contribution in [0.4, 0.5) is 17.6 Å². The Hall–Kier alpha value is -2.10. The summed E-state index contributed by atoms with van der Waals surface area (Å²) in [6, 6.07) is 2.42. The molecular weight excluding hydrogens is 264 g/mol. The molecule has 0 fully saturated rings. The SMILES string of the molecule is CCC(C#N)NC(=O)c1cc(C(F)(F)F)ccc1F. The highest BCUT2D eigenvalue weighted by Gasteiger charge is 2.32. The predicted octanol–water partition coefficient (Wildman–Crippen LogP) is 2.88. The fourth-order valence-corrected chi connectivity index (χ4v) is 1.34. The van der Waals surface area contributed by atoms with Gasteiger partial charge in [-0.3, -0.25) is 4.79 Å². The lowest BCUT2D eigenvalue weighted by atomic mass is 10.1. The Bertz CT molecular complexity index is 519. The van der Waals surface area contributed by atoms with E-state index in [4.69, 9.17) is 5.26 Å². The first-order chi connectivity index (χ1) is 8.79. The van der Waals surface area contributed by atoms with Crippen molar-refractivity contribution in [3.8, 4) is 6.07 Å². The third-order valence-electron chi connectivity index (χ3n) is 2.41. The Balaban J connectivity index is 3.06. The topological polar surface area (TPSA) is 52.9 Å². The van der Waals surface area contributed by atoms with E-state index in [-0.39, 0.29) is 6.42 Å². The van der Waals surface area contributed by atoms with Crippen molar-refractivity contribution in [3.05, 3.63) is 35.1 Å². The number of nitrogens with one attached hydrogen (secondary N) is 1. The number of alkyl halides is 3. The molecule has 0 aliphatic carbocycles. The van der Waals surface area contributed by atoms with E-state index in [0.717, 1.165) is 0 Å². The summed E-state index contributed by atoms with van der Waals surface area (Å²) in [6.45, 7) is 1.61. The van der Waals surface area contributed by atoms with E-state index in [1.165, 1.54) is 0 Å². The Kier molecular flexibility index (Phi) is 4.48. The van der Waals surface area contributed by atoms with Crippen LogP contribution in [0.2, 0.25) is 0 Å². The van der Waals surface area contributed by atoms with Crippen LogP contribution in [0, 0.1) is 17.1 Å². The number of hydrogen-bond acceptors (Lipinski definition) is 2. The van der Waals surface area contributed by atoms with E-state index in [1.54, 1.807) is 13.0 Å². The Labute approximate surface area is 106 Å². The molecule has 1 aromatic carbocycles. The number of carbonyl (C=O) groups excluding carboxylic acids is 1. The van der Waals surface area contributed by atoms with Gasteiger partial charge in [-0.25, -0.2) is 4.39 Å². The molecule has 1 unspecified atom stereocenters. The first-order valence-electron chi connectivity index (χ1n) is 5.36. The maximum absolute atomic E-state index is 13.4. The van der Waals surface area contributed by atoms with Crippen LogP contribution in [-0.2, 0) is 6.18 Å². The molecule has 0 aliphatic heterocycles. The van der Waals surface area contributed by atoms with E-state index < -0.39 is 35.1 Å². The lowest BCUT2D eigenvalue weighted by molar-refractivity contribution is -0.137. The minimum Gasteiger partial charge on any atom is -0.336 e. The second-order valence-electron chi connectivity index (χ2n) is 3.76. The molecule has 0 heterocycles. The predicted molar refractivity (Wildman–Crippen MR) is 58.6 cm³/mol. The number of hydrogen-bond donors (Lipinski definition) is 1. The fraction of sp³-hybridized carbons (Fsp3) is 0.333. The largest absolute Gasteiger partial charge is 0.416 e. The summed E-state index contributed by atoms with van der Waals surface area (Å²) in [5.74, 6) is -2.12. The van der Waals surface area contributed by atoms with Gasteiger partial charge in [0.25, 0.3) is 5.91 Å². The number of amides is 1. The minimum atomic E-state index is -4.66. The summed E-state index contributed by atoms with van der Waals surface area (Å²) in [4.78, 5) is 11.6. The van der Waals surface area contributed by atoms with Crippen molar-refractivity contribution in [2.75, 3.05) is 0 Å². The van der Waals surface area contributed by atoms with Crippen molar-refractivity contribution >= 4 is 5.91 Å². The quantitative estimate of drug-likeness (QED) is 0.862. The summed E-state index contributed by atoms with van der Waals surface area (Å²) < 4.78 is 50.7. The molecule has 102 valence electrons. The lowest BCUT2D eigenvalue weighted by Gasteiger charge is -2.12. The molecule has 19 heavy (non-hydrogen) atoms. The summed E-state index contributed by atoms with van der Waals surface area (Å²) in [7, 11) is 0. The minimum absolute atomic E-state index is 0.267. The molecule has 0 saturated heterocycles. The van der Waals surface area contributed by atoms with E-state index >= 15 is 0 Å². The zero-order chi connectivity index (χ0) is 14.6. The molecule has 0 bridgehead atoms. The van der Waals surface area contributed by atoms with E-state index in [2.05, 4.69) is 5.32 Å². The van der Waals surface area contributed by atoms with Gasteiger partial charge in [0.1, 0.15) is 11.9 Å². The number of nitriles is 1. The van der Waals surface area contributed by atoms with Crippen LogP contribution in [0.1, 0.15) is 29.3 Å². The van der Waals surface area contributed by atoms with Crippen molar-refractivity contribution in [2.45, 2.75) is 25.6 Å². The van der Waals surface area contributed by atoms with Crippen molar-refractivity contribution in [3.63, 3.8) is 0 Å². The molecule has 1 N–H and O–H groups in total. The molecule has 0 radical (unpaired) electrons. The summed E-state index contributed by atoms with van der Waals surface area (Å²) >= 11 is 0. The number of carbonyl (C=O) groups is 1. The third kappa shape index (κ3) is 3.68. The maximum atomic E-state index is 13.4. The van der Waals surface area contributed by atoms with Crippen LogP contribution < -0.4 is 5.32 Å². The first-order valence-corrected chi connectivity index (χ1v) is 5.36. The summed E-state index contributed by atoms with van der Waals surface area (Å²) in [6.07, 6.45) is -4.40. The van der Waals surface area contributed by atoms with Gasteiger partial charge in [0.05, 0.1) is 17.2 Å². The first kappa shape index (κ1) is 15.0. The molecule has 3 nitrogen and oxygen atoms in total. The molecular formula is C12H10F4N2O. The standard InChI is InChI=1S/C12H10F4N2O/c1-2-8(6-17)18-11(19)9-5-7(12(14,15)16)3-4-10(9)13/h3-5,8H,2H2,1H3,(H,18,19). The van der Waals surface area contributed by atoms with Crippen LogP contribution >= 0.6 is 0 Å². The second kappa shape index (κ2) is 5.69. The molecule has 7 heteroatoms. The molecule has 0 aromatic heterocycles. The Morgan fingerprint density at radius 2 is 2.11 bits per heavy atom. The van der Waals surface area contributed by atoms with E-state index in [9.17, 15) is 22.4 Å². The number of halogens is 4. The normalized spacial score (nSPS) is 12.6. The smallest absolute Gasteiger partial charge is 0.336 e. The highest BCUT2D eigenvalue weighted by Crippen LogP contribution is 2.30. The number of nitrogens with zero attached hydrogens (tertiary/aromatic N) is 1. The lowest BCUT2D eigenvalue weighted by Crippen LogP contribution is -2.33. The van der Waals surface area contributed by atoms with Crippen molar-refractivity contribution in [1.29, 1.82) is 5.26 Å². The van der Waals surface area contributed by atoms with Crippen molar-refractivity contribution in [1.82, 2.24) is 5.32 Å². The van der Waals surface area contributed by atoms with Crippen LogP contribution in [-0.4, -0.2) is 11.9 Å². The second-order valence-corrected chi connectivity index (χ2v) is 3.76. The van der Waals surface area contributed by atoms with Gasteiger partial charge in [0.2, 0.25) is 0 Å². The van der Waals surface area contributed by atoms with Gasteiger partial charge in [-0.15, -0.1) is 0 Å². The average molecular weight is 274 g/mol. The molecule has 1 atom stereocenters. The van der Waals surface area contributed by atoms with Crippen LogP contribution in [0.25, 0.3) is 0 Å². The van der Waals surface area contributed by atoms with Gasteiger partial charge < -0.3 is 5.32 Å². The van der Waals surface area contributed by atoms with Crippen molar-refractivity contribution in [2.24, 2.45) is 0 Å². The fourth-order valence-electron chi connectivity index (χ4n) is 1.34.